The summed E-state index contributed by atoms with van der Waals surface area (Å²) in [6.45, 7) is 2.22. The van der Waals surface area contributed by atoms with Crippen LogP contribution in [0.4, 0.5) is 0 Å². The van der Waals surface area contributed by atoms with Crippen molar-refractivity contribution in [1.82, 2.24) is 0 Å². The van der Waals surface area contributed by atoms with E-state index in [1.807, 2.05) is 0 Å². The molecule has 0 amide bonds. The maximum Gasteiger partial charge on any atom is 0.237 e. The number of nitrogens with zero attached hydrogens (tertiary/aromatic N) is 2. The molecular formula is C17H26N2O2. The van der Waals surface area contributed by atoms with Gasteiger partial charge in [-0.1, -0.05) is 51.9 Å². The third kappa shape index (κ3) is 3.51. The molecule has 0 radical (unpaired) electrons. The van der Waals surface area contributed by atoms with E-state index in [9.17, 15) is 9.59 Å². The van der Waals surface area contributed by atoms with Gasteiger partial charge in [-0.15, -0.1) is 0 Å². The van der Waals surface area contributed by atoms with Crippen LogP contribution in [0, 0.1) is 17.8 Å². The van der Waals surface area contributed by atoms with Crippen LogP contribution in [0.15, 0.2) is 9.98 Å². The minimum Gasteiger partial charge on any atom is -0.211 e. The van der Waals surface area contributed by atoms with Gasteiger partial charge in [-0.05, 0) is 31.1 Å². The number of aliphatic imine (C=N–C) groups is 2. The van der Waals surface area contributed by atoms with Crippen molar-refractivity contribution in [3.05, 3.63) is 0 Å². The van der Waals surface area contributed by atoms with Crippen molar-refractivity contribution in [1.29, 1.82) is 0 Å². The average Bonchev–Trinajstić information content (AvgIpc) is 2.52. The second-order valence-corrected chi connectivity index (χ2v) is 6.61. The standard InChI is InChI=1S/C17H26N2O2/c1-2-15(14-8-4-3-5-9-14)16-10-6-7-11-17(16,18-12-20)19-13-21/h14-16H,2-11H2,1H3. The Kier molecular flexibility index (Phi) is 5.90. The molecule has 0 aromatic heterocycles. The highest BCUT2D eigenvalue weighted by Gasteiger charge is 2.46. The van der Waals surface area contributed by atoms with Crippen molar-refractivity contribution < 1.29 is 9.59 Å². The number of hydrogen-bond donors (Lipinski definition) is 0. The van der Waals surface area contributed by atoms with Crippen molar-refractivity contribution in [3.63, 3.8) is 0 Å². The van der Waals surface area contributed by atoms with Gasteiger partial charge in [-0.3, -0.25) is 0 Å². The van der Waals surface area contributed by atoms with E-state index in [1.54, 1.807) is 12.2 Å². The molecule has 4 nitrogen and oxygen atoms in total. The lowest BCUT2D eigenvalue weighted by Gasteiger charge is -2.44. The van der Waals surface area contributed by atoms with E-state index in [2.05, 4.69) is 16.9 Å². The van der Waals surface area contributed by atoms with Crippen molar-refractivity contribution in [3.8, 4) is 0 Å². The van der Waals surface area contributed by atoms with Crippen LogP contribution in [0.5, 0.6) is 0 Å². The monoisotopic (exact) mass is 290 g/mol. The van der Waals surface area contributed by atoms with Crippen LogP contribution < -0.4 is 0 Å². The maximum atomic E-state index is 10.9. The molecule has 0 aromatic carbocycles. The molecule has 0 aromatic rings. The van der Waals surface area contributed by atoms with Crippen molar-refractivity contribution in [2.24, 2.45) is 27.7 Å². The molecule has 0 heterocycles. The molecule has 21 heavy (non-hydrogen) atoms. The molecule has 0 bridgehead atoms. The lowest BCUT2D eigenvalue weighted by atomic mass is 9.64. The first-order valence-electron chi connectivity index (χ1n) is 8.45. The summed E-state index contributed by atoms with van der Waals surface area (Å²) in [4.78, 5) is 29.8. The Balaban J connectivity index is 2.29. The second-order valence-electron chi connectivity index (χ2n) is 6.61. The first-order valence-corrected chi connectivity index (χ1v) is 8.45. The fourth-order valence-corrected chi connectivity index (χ4v) is 4.69. The van der Waals surface area contributed by atoms with Crippen molar-refractivity contribution in [2.75, 3.05) is 0 Å². The van der Waals surface area contributed by atoms with Crippen LogP contribution in [0.2, 0.25) is 0 Å². The van der Waals surface area contributed by atoms with Gasteiger partial charge in [0.05, 0.1) is 0 Å². The lowest BCUT2D eigenvalue weighted by molar-refractivity contribution is 0.0749. The Bertz CT molecular complexity index is 412. The molecule has 2 saturated carbocycles. The second kappa shape index (κ2) is 7.68. The molecule has 0 aliphatic heterocycles. The minimum absolute atomic E-state index is 0.197. The Hall–Kier alpha value is -1.24. The topological polar surface area (TPSA) is 58.9 Å². The smallest absolute Gasteiger partial charge is 0.211 e. The van der Waals surface area contributed by atoms with Crippen molar-refractivity contribution >= 4 is 12.2 Å². The number of carbonyl (C=O) groups excluding carboxylic acids is 2. The van der Waals surface area contributed by atoms with E-state index in [1.165, 1.54) is 32.1 Å². The van der Waals surface area contributed by atoms with E-state index < -0.39 is 5.66 Å². The largest absolute Gasteiger partial charge is 0.237 e. The predicted molar refractivity (Wildman–Crippen MR) is 81.3 cm³/mol. The number of isocyanates is 2. The first-order chi connectivity index (χ1) is 10.3. The van der Waals surface area contributed by atoms with Gasteiger partial charge >= 0.3 is 0 Å². The van der Waals surface area contributed by atoms with Crippen LogP contribution in [-0.4, -0.2) is 17.8 Å². The Labute approximate surface area is 127 Å². The minimum atomic E-state index is -0.875. The fraction of sp³-hybridized carbons (Fsp3) is 0.882. The van der Waals surface area contributed by atoms with Gasteiger partial charge < -0.3 is 0 Å². The summed E-state index contributed by atoms with van der Waals surface area (Å²) >= 11 is 0. The predicted octanol–water partition coefficient (Wildman–Crippen LogP) is 4.15. The third-order valence-corrected chi connectivity index (χ3v) is 5.63. The summed E-state index contributed by atoms with van der Waals surface area (Å²) in [5.41, 5.74) is -0.875. The fourth-order valence-electron chi connectivity index (χ4n) is 4.69. The SMILES string of the molecule is CCC(C1CCCCC1)C1CCCCC1(N=C=O)N=C=O. The van der Waals surface area contributed by atoms with Crippen LogP contribution >= 0.6 is 0 Å². The van der Waals surface area contributed by atoms with Gasteiger partial charge in [-0.25, -0.2) is 9.59 Å². The molecule has 2 aliphatic rings. The average molecular weight is 290 g/mol. The van der Waals surface area contributed by atoms with E-state index >= 15 is 0 Å². The maximum absolute atomic E-state index is 10.9. The van der Waals surface area contributed by atoms with Crippen LogP contribution in [0.25, 0.3) is 0 Å². The van der Waals surface area contributed by atoms with Gasteiger partial charge in [0.1, 0.15) is 0 Å². The van der Waals surface area contributed by atoms with Gasteiger partial charge in [0, 0.05) is 5.92 Å². The Morgan fingerprint density at radius 2 is 1.62 bits per heavy atom. The van der Waals surface area contributed by atoms with Crippen LogP contribution in [0.3, 0.4) is 0 Å². The summed E-state index contributed by atoms with van der Waals surface area (Å²) in [7, 11) is 0. The molecule has 2 aliphatic carbocycles. The quantitative estimate of drug-likeness (QED) is 0.564. The van der Waals surface area contributed by atoms with Gasteiger partial charge in [0.2, 0.25) is 12.2 Å². The van der Waals surface area contributed by atoms with Gasteiger partial charge in [0.25, 0.3) is 0 Å². The number of hydrogen-bond acceptors (Lipinski definition) is 4. The zero-order chi connectivity index (χ0) is 15.1. The van der Waals surface area contributed by atoms with E-state index in [0.29, 0.717) is 18.3 Å². The lowest BCUT2D eigenvalue weighted by Crippen LogP contribution is -2.43. The summed E-state index contributed by atoms with van der Waals surface area (Å²) in [6, 6.07) is 0. The summed E-state index contributed by atoms with van der Waals surface area (Å²) in [6.07, 6.45) is 14.7. The highest BCUT2D eigenvalue weighted by molar-refractivity contribution is 5.39. The summed E-state index contributed by atoms with van der Waals surface area (Å²) in [5, 5.41) is 0. The normalized spacial score (nSPS) is 31.8. The Morgan fingerprint density at radius 3 is 2.19 bits per heavy atom. The molecule has 0 N–H and O–H groups in total. The highest BCUT2D eigenvalue weighted by Crippen LogP contribution is 2.48. The van der Waals surface area contributed by atoms with Crippen LogP contribution in [-0.2, 0) is 9.59 Å². The molecule has 116 valence electrons. The van der Waals surface area contributed by atoms with Crippen LogP contribution in [0.1, 0.15) is 71.1 Å². The third-order valence-electron chi connectivity index (χ3n) is 5.63. The molecule has 2 atom stereocenters. The number of rotatable bonds is 5. The molecule has 2 fully saturated rings. The summed E-state index contributed by atoms with van der Waals surface area (Å²) in [5.74, 6) is 1.39. The van der Waals surface area contributed by atoms with E-state index in [-0.39, 0.29) is 5.92 Å². The van der Waals surface area contributed by atoms with E-state index in [0.717, 1.165) is 25.7 Å². The molecule has 0 saturated heterocycles. The molecular weight excluding hydrogens is 264 g/mol. The molecule has 4 heteroatoms. The van der Waals surface area contributed by atoms with E-state index in [4.69, 9.17) is 0 Å². The molecule has 2 unspecified atom stereocenters. The zero-order valence-corrected chi connectivity index (χ0v) is 13.0. The molecule has 0 spiro atoms. The first kappa shape index (κ1) is 16.1. The Morgan fingerprint density at radius 1 is 1.00 bits per heavy atom. The highest BCUT2D eigenvalue weighted by atomic mass is 16.1. The van der Waals surface area contributed by atoms with Gasteiger partial charge in [0.15, 0.2) is 5.66 Å². The van der Waals surface area contributed by atoms with Gasteiger partial charge in [-0.2, -0.15) is 9.98 Å². The van der Waals surface area contributed by atoms with Crippen molar-refractivity contribution in [2.45, 2.75) is 76.8 Å². The zero-order valence-electron chi connectivity index (χ0n) is 13.0. The molecule has 2 rings (SSSR count). The summed E-state index contributed by atoms with van der Waals surface area (Å²) < 4.78 is 0.